The first-order valence-electron chi connectivity index (χ1n) is 14.4. The van der Waals surface area contributed by atoms with E-state index in [1.165, 1.54) is 12.0 Å². The van der Waals surface area contributed by atoms with E-state index in [2.05, 4.69) is 75.1 Å². The van der Waals surface area contributed by atoms with Crippen LogP contribution in [0.2, 0.25) is 0 Å². The van der Waals surface area contributed by atoms with Crippen LogP contribution in [-0.2, 0) is 7.05 Å². The second-order valence-electron chi connectivity index (χ2n) is 11.5. The molecule has 212 valence electrons. The predicted octanol–water partition coefficient (Wildman–Crippen LogP) is 4.80. The minimum absolute atomic E-state index is 0.329. The van der Waals surface area contributed by atoms with E-state index in [1.54, 1.807) is 21.6 Å². The number of aryl methyl sites for hydroxylation is 1. The first-order valence-corrected chi connectivity index (χ1v) is 14.4. The Morgan fingerprint density at radius 2 is 1.84 bits per heavy atom. The van der Waals surface area contributed by atoms with Crippen molar-refractivity contribution < 1.29 is 0 Å². The Morgan fingerprint density at radius 1 is 1.00 bits per heavy atom. The number of terminal acetylenes is 1. The third kappa shape index (κ3) is 4.74. The van der Waals surface area contributed by atoms with Gasteiger partial charge in [-0.3, -0.25) is 14.6 Å². The van der Waals surface area contributed by atoms with Crippen LogP contribution in [0.1, 0.15) is 37.1 Å². The van der Waals surface area contributed by atoms with Crippen LogP contribution in [0.15, 0.2) is 73.1 Å². The average molecular weight is 566 g/mol. The van der Waals surface area contributed by atoms with Gasteiger partial charge < -0.3 is 4.90 Å². The molecule has 0 spiro atoms. The quantitative estimate of drug-likeness (QED) is 0.273. The molecule has 3 aliphatic rings. The molecule has 3 atom stereocenters. The lowest BCUT2D eigenvalue weighted by Gasteiger charge is -2.59. The molecule has 0 radical (unpaired) electrons. The van der Waals surface area contributed by atoms with E-state index in [9.17, 15) is 5.26 Å². The van der Waals surface area contributed by atoms with Gasteiger partial charge in [0.25, 0.3) is 0 Å². The lowest BCUT2D eigenvalue weighted by Crippen LogP contribution is -2.71. The highest BCUT2D eigenvalue weighted by atomic mass is 15.4. The van der Waals surface area contributed by atoms with Crippen molar-refractivity contribution in [2.75, 3.05) is 18.0 Å². The second-order valence-corrected chi connectivity index (χ2v) is 11.5. The lowest BCUT2D eigenvalue weighted by molar-refractivity contribution is -0.0217. The molecule has 2 bridgehead atoms. The fourth-order valence-corrected chi connectivity index (χ4v) is 6.51. The monoisotopic (exact) mass is 565 g/mol. The summed E-state index contributed by atoms with van der Waals surface area (Å²) < 4.78 is 3.55. The zero-order chi connectivity index (χ0) is 29.7. The number of rotatable bonds is 6. The Labute approximate surface area is 250 Å². The molecule has 3 aliphatic heterocycles. The van der Waals surface area contributed by atoms with Crippen molar-refractivity contribution in [2.45, 2.75) is 38.4 Å². The number of hydrogen-bond acceptors (Lipinski definition) is 7. The number of hydrogen-bond donors (Lipinski definition) is 0. The first kappa shape index (κ1) is 26.6. The molecule has 5 aromatic heterocycles. The van der Waals surface area contributed by atoms with Crippen LogP contribution < -0.4 is 4.90 Å². The van der Waals surface area contributed by atoms with Crippen LogP contribution >= 0.6 is 0 Å². The Bertz CT molecular complexity index is 1920. The van der Waals surface area contributed by atoms with Gasteiger partial charge in [-0.05, 0) is 56.7 Å². The summed E-state index contributed by atoms with van der Waals surface area (Å²) in [5.74, 6) is 3.60. The van der Waals surface area contributed by atoms with Crippen molar-refractivity contribution in [3.8, 4) is 40.7 Å². The van der Waals surface area contributed by atoms with Crippen molar-refractivity contribution in [2.24, 2.45) is 7.05 Å². The molecule has 0 saturated carbocycles. The molecule has 9 nitrogen and oxygen atoms in total. The number of pyridine rings is 3. The molecule has 43 heavy (non-hydrogen) atoms. The van der Waals surface area contributed by atoms with E-state index in [1.807, 2.05) is 44.0 Å². The summed E-state index contributed by atoms with van der Waals surface area (Å²) in [6.07, 6.45) is 19.9. The number of nitriles is 1. The molecule has 8 heterocycles. The Morgan fingerprint density at radius 3 is 2.49 bits per heavy atom. The van der Waals surface area contributed by atoms with Crippen molar-refractivity contribution >= 4 is 17.4 Å². The summed E-state index contributed by atoms with van der Waals surface area (Å²) in [7, 11) is 1.90. The highest BCUT2D eigenvalue weighted by Gasteiger charge is 2.47. The molecule has 0 aliphatic carbocycles. The lowest BCUT2D eigenvalue weighted by atomic mass is 9.84. The number of fused-ring (bicyclic) bond motifs is 3. The zero-order valence-electron chi connectivity index (χ0n) is 24.4. The van der Waals surface area contributed by atoms with Gasteiger partial charge >= 0.3 is 0 Å². The smallest absolute Gasteiger partial charge is 0.128 e. The zero-order valence-corrected chi connectivity index (χ0v) is 24.4. The third-order valence-corrected chi connectivity index (χ3v) is 8.84. The van der Waals surface area contributed by atoms with Crippen molar-refractivity contribution in [1.29, 1.82) is 5.26 Å². The standard InChI is InChI=1S/C34H31N9/c1-5-24-6-8-29(36-14-24)10-22(2)23(3)43-30-12-31(43)21-41(20-30)33-9-7-25(15-37-33)32-11-26(28-17-38-40(4)18-28)19-42-34(32)27(13-35)16-39-42/h1,6-11,14-19,23,30-31H,12,20-21H2,2-4H3/b22-10+. The van der Waals surface area contributed by atoms with Gasteiger partial charge in [0.05, 0.1) is 29.2 Å². The molecule has 3 fully saturated rings. The maximum absolute atomic E-state index is 9.76. The van der Waals surface area contributed by atoms with E-state index >= 15 is 0 Å². The number of nitrogens with zero attached hydrogens (tertiary/aromatic N) is 9. The van der Waals surface area contributed by atoms with Gasteiger partial charge in [-0.25, -0.2) is 9.50 Å². The van der Waals surface area contributed by atoms with Crippen molar-refractivity contribution in [3.63, 3.8) is 0 Å². The van der Waals surface area contributed by atoms with Crippen LogP contribution in [0.4, 0.5) is 5.82 Å². The van der Waals surface area contributed by atoms with Crippen LogP contribution in [0.5, 0.6) is 0 Å². The summed E-state index contributed by atoms with van der Waals surface area (Å²) >= 11 is 0. The normalized spacial score (nSPS) is 19.1. The number of piperazine rings is 1. The largest absolute Gasteiger partial charge is 0.353 e. The maximum atomic E-state index is 9.76. The van der Waals surface area contributed by atoms with Gasteiger partial charge in [0, 0.05) is 90.9 Å². The summed E-state index contributed by atoms with van der Waals surface area (Å²) in [6.45, 7) is 6.36. The van der Waals surface area contributed by atoms with Gasteiger partial charge in [0.15, 0.2) is 0 Å². The molecule has 8 rings (SSSR count). The molecule has 3 saturated heterocycles. The number of aromatic nitrogens is 6. The Hall–Kier alpha value is -5.25. The van der Waals surface area contributed by atoms with E-state index in [4.69, 9.17) is 11.4 Å². The van der Waals surface area contributed by atoms with Gasteiger partial charge in [0.1, 0.15) is 11.9 Å². The van der Waals surface area contributed by atoms with Gasteiger partial charge in [-0.15, -0.1) is 6.42 Å². The summed E-state index contributed by atoms with van der Waals surface area (Å²) in [5, 5.41) is 18.5. The van der Waals surface area contributed by atoms with Crippen LogP contribution in [-0.4, -0.2) is 65.5 Å². The van der Waals surface area contributed by atoms with E-state index < -0.39 is 0 Å². The van der Waals surface area contributed by atoms with Crippen molar-refractivity contribution in [3.05, 3.63) is 89.9 Å². The van der Waals surface area contributed by atoms with Gasteiger partial charge in [0.2, 0.25) is 0 Å². The summed E-state index contributed by atoms with van der Waals surface area (Å²) in [6, 6.07) is 13.8. The molecule has 0 N–H and O–H groups in total. The van der Waals surface area contributed by atoms with E-state index in [0.29, 0.717) is 23.7 Å². The highest BCUT2D eigenvalue weighted by Crippen LogP contribution is 2.38. The molecule has 0 aromatic carbocycles. The van der Waals surface area contributed by atoms with Crippen molar-refractivity contribution in [1.82, 2.24) is 34.3 Å². The minimum Gasteiger partial charge on any atom is -0.353 e. The average Bonchev–Trinajstić information content (AvgIpc) is 3.67. The summed E-state index contributed by atoms with van der Waals surface area (Å²) in [5.41, 5.74) is 8.15. The second kappa shape index (κ2) is 10.5. The van der Waals surface area contributed by atoms with E-state index in [-0.39, 0.29) is 0 Å². The fourth-order valence-electron chi connectivity index (χ4n) is 6.51. The van der Waals surface area contributed by atoms with Crippen LogP contribution in [0.3, 0.4) is 0 Å². The molecular weight excluding hydrogens is 534 g/mol. The maximum Gasteiger partial charge on any atom is 0.128 e. The van der Waals surface area contributed by atoms with E-state index in [0.717, 1.165) is 57.9 Å². The molecular formula is C34H31N9. The van der Waals surface area contributed by atoms with Gasteiger partial charge in [-0.2, -0.15) is 15.5 Å². The molecule has 3 unspecified atom stereocenters. The Kier molecular flexibility index (Phi) is 6.53. The molecule has 0 amide bonds. The minimum atomic E-state index is 0.329. The van der Waals surface area contributed by atoms with Gasteiger partial charge in [-0.1, -0.05) is 11.5 Å². The Balaban J connectivity index is 1.10. The third-order valence-electron chi connectivity index (χ3n) is 8.84. The van der Waals surface area contributed by atoms with Crippen LogP contribution in [0.25, 0.3) is 33.8 Å². The van der Waals surface area contributed by atoms with Crippen LogP contribution in [0, 0.1) is 23.7 Å². The predicted molar refractivity (Wildman–Crippen MR) is 167 cm³/mol. The number of piperidine rings is 1. The highest BCUT2D eigenvalue weighted by molar-refractivity contribution is 5.87. The number of anilines is 1. The SMILES string of the molecule is C#Cc1ccc(/C=C(\C)C(C)N2C3CC2CN(c2ccc(-c4cc(-c5cnn(C)c5)cn5ncc(C#N)c45)cn2)C3)nc1. The summed E-state index contributed by atoms with van der Waals surface area (Å²) in [4.78, 5) is 14.4. The molecule has 5 aromatic rings. The molecule has 9 heteroatoms. The fraction of sp³-hybridized carbons (Fsp3) is 0.265. The topological polar surface area (TPSA) is 91.2 Å². The first-order chi connectivity index (χ1) is 20.9.